The van der Waals surface area contributed by atoms with E-state index in [0.29, 0.717) is 23.1 Å². The molecular weight excluding hydrogens is 374 g/mol. The summed E-state index contributed by atoms with van der Waals surface area (Å²) in [5.41, 5.74) is 5.29. The van der Waals surface area contributed by atoms with Crippen LogP contribution in [0.5, 0.6) is 0 Å². The molecule has 0 unspecified atom stereocenters. The molecule has 0 saturated carbocycles. The van der Waals surface area contributed by atoms with Gasteiger partial charge in [-0.2, -0.15) is 5.10 Å². The predicted octanol–water partition coefficient (Wildman–Crippen LogP) is 4.34. The number of carbonyl (C=O) groups excluding carboxylic acids is 1. The maximum absolute atomic E-state index is 12.8. The summed E-state index contributed by atoms with van der Waals surface area (Å²) in [6.07, 6.45) is 0. The van der Waals surface area contributed by atoms with E-state index in [2.05, 4.69) is 15.4 Å². The van der Waals surface area contributed by atoms with Gasteiger partial charge in [-0.15, -0.1) is 0 Å². The number of benzene rings is 2. The number of hydrogen-bond donors (Lipinski definition) is 1. The summed E-state index contributed by atoms with van der Waals surface area (Å²) in [5.74, 6) is 0.269. The van der Waals surface area contributed by atoms with Crippen molar-refractivity contribution in [1.29, 1.82) is 0 Å². The van der Waals surface area contributed by atoms with Crippen LogP contribution in [0, 0.1) is 13.8 Å². The van der Waals surface area contributed by atoms with Crippen molar-refractivity contribution in [2.75, 3.05) is 5.32 Å². The number of anilines is 1. The molecule has 2 heterocycles. The van der Waals surface area contributed by atoms with Crippen LogP contribution in [-0.2, 0) is 13.6 Å². The fourth-order valence-corrected chi connectivity index (χ4v) is 3.44. The molecule has 1 amide bonds. The quantitative estimate of drug-likeness (QED) is 0.561. The van der Waals surface area contributed by atoms with E-state index in [4.69, 9.17) is 11.6 Å². The highest BCUT2D eigenvalue weighted by Gasteiger charge is 2.13. The molecule has 2 aromatic carbocycles. The van der Waals surface area contributed by atoms with Gasteiger partial charge >= 0.3 is 0 Å². The summed E-state index contributed by atoms with van der Waals surface area (Å²) in [6.45, 7) is 4.61. The van der Waals surface area contributed by atoms with Gasteiger partial charge in [-0.05, 0) is 55.8 Å². The van der Waals surface area contributed by atoms with Crippen molar-refractivity contribution in [3.05, 3.63) is 76.1 Å². The van der Waals surface area contributed by atoms with E-state index < -0.39 is 0 Å². The van der Waals surface area contributed by atoms with Crippen LogP contribution in [-0.4, -0.2) is 25.2 Å². The summed E-state index contributed by atoms with van der Waals surface area (Å²) in [7, 11) is 1.86. The first-order valence-electron chi connectivity index (χ1n) is 8.94. The van der Waals surface area contributed by atoms with E-state index in [1.54, 1.807) is 18.2 Å². The smallest absolute Gasteiger partial charge is 0.257 e. The Balaban J connectivity index is 1.57. The Bertz CT molecular complexity index is 1190. The molecule has 1 N–H and O–H groups in total. The molecule has 4 rings (SSSR count). The van der Waals surface area contributed by atoms with Crippen molar-refractivity contribution >= 4 is 34.5 Å². The van der Waals surface area contributed by atoms with Gasteiger partial charge in [0.15, 0.2) is 0 Å². The second-order valence-electron chi connectivity index (χ2n) is 6.87. The number of nitrogens with zero attached hydrogens (tertiary/aromatic N) is 4. The fraction of sp³-hybridized carbons (Fsp3) is 0.190. The van der Waals surface area contributed by atoms with Gasteiger partial charge in [0, 0.05) is 23.3 Å². The van der Waals surface area contributed by atoms with Crippen LogP contribution in [0.1, 0.15) is 27.3 Å². The number of hydrogen-bond acceptors (Lipinski definition) is 3. The third-order valence-corrected chi connectivity index (χ3v) is 4.93. The van der Waals surface area contributed by atoms with Gasteiger partial charge in [-0.1, -0.05) is 23.7 Å². The van der Waals surface area contributed by atoms with Crippen LogP contribution < -0.4 is 5.32 Å². The number of imidazole rings is 1. The second kappa shape index (κ2) is 7.13. The predicted molar refractivity (Wildman–Crippen MR) is 111 cm³/mol. The molecule has 0 atom stereocenters. The Morgan fingerprint density at radius 1 is 1.14 bits per heavy atom. The van der Waals surface area contributed by atoms with Gasteiger partial charge in [-0.25, -0.2) is 4.98 Å². The molecule has 0 radical (unpaired) electrons. The number of amides is 1. The van der Waals surface area contributed by atoms with E-state index in [1.165, 1.54) is 0 Å². The minimum absolute atomic E-state index is 0.209. The number of fused-ring (bicyclic) bond motifs is 1. The monoisotopic (exact) mass is 393 g/mol. The lowest BCUT2D eigenvalue weighted by molar-refractivity contribution is 0.102. The molecule has 28 heavy (non-hydrogen) atoms. The van der Waals surface area contributed by atoms with E-state index in [9.17, 15) is 4.79 Å². The van der Waals surface area contributed by atoms with Crippen LogP contribution in [0.15, 0.2) is 48.5 Å². The van der Waals surface area contributed by atoms with Gasteiger partial charge in [0.25, 0.3) is 5.91 Å². The number of nitrogens with one attached hydrogen (secondary N) is 1. The van der Waals surface area contributed by atoms with Crippen LogP contribution in [0.2, 0.25) is 5.02 Å². The van der Waals surface area contributed by atoms with E-state index in [1.807, 2.05) is 60.5 Å². The van der Waals surface area contributed by atoms with Gasteiger partial charge in [0.1, 0.15) is 0 Å². The zero-order valence-corrected chi connectivity index (χ0v) is 16.7. The molecule has 0 aliphatic heterocycles. The number of carbonyl (C=O) groups is 1. The van der Waals surface area contributed by atoms with Crippen molar-refractivity contribution < 1.29 is 4.79 Å². The maximum Gasteiger partial charge on any atom is 0.257 e. The maximum atomic E-state index is 12.8. The van der Waals surface area contributed by atoms with Gasteiger partial charge < -0.3 is 4.57 Å². The first-order valence-corrected chi connectivity index (χ1v) is 9.32. The Hall–Kier alpha value is -3.12. The molecule has 0 fully saturated rings. The standard InChI is InChI=1S/C21H20ClN5O/c1-13-9-14(2)27(25-13)12-15-5-4-6-16(10-15)20(28)24-21-23-18-11-17(22)7-8-19(18)26(21)3/h4-11H,12H2,1-3H3,(H,23,24,28). The highest BCUT2D eigenvalue weighted by molar-refractivity contribution is 6.31. The highest BCUT2D eigenvalue weighted by atomic mass is 35.5. The SMILES string of the molecule is Cc1cc(C)n(Cc2cccc(C(=O)Nc3nc4cc(Cl)ccc4n3C)c2)n1. The third-order valence-electron chi connectivity index (χ3n) is 4.69. The molecule has 0 saturated heterocycles. The topological polar surface area (TPSA) is 64.7 Å². The molecule has 142 valence electrons. The van der Waals surface area contributed by atoms with Crippen LogP contribution in [0.25, 0.3) is 11.0 Å². The number of aromatic nitrogens is 4. The minimum Gasteiger partial charge on any atom is -0.313 e. The normalized spacial score (nSPS) is 11.1. The van der Waals surface area contributed by atoms with Crippen molar-refractivity contribution in [2.45, 2.75) is 20.4 Å². The Labute approximate surface area is 167 Å². The van der Waals surface area contributed by atoms with Crippen molar-refractivity contribution in [2.24, 2.45) is 7.05 Å². The van der Waals surface area contributed by atoms with Crippen molar-refractivity contribution in [3.8, 4) is 0 Å². The van der Waals surface area contributed by atoms with Crippen LogP contribution >= 0.6 is 11.6 Å². The molecule has 0 spiro atoms. The summed E-state index contributed by atoms with van der Waals surface area (Å²) in [5, 5.41) is 7.98. The summed E-state index contributed by atoms with van der Waals surface area (Å²) in [6, 6.07) is 15.0. The molecule has 6 nitrogen and oxygen atoms in total. The number of aryl methyl sites for hydroxylation is 3. The van der Waals surface area contributed by atoms with Crippen molar-refractivity contribution in [3.63, 3.8) is 0 Å². The van der Waals surface area contributed by atoms with Gasteiger partial charge in [-0.3, -0.25) is 14.8 Å². The van der Waals surface area contributed by atoms with Crippen LogP contribution in [0.4, 0.5) is 5.95 Å². The van der Waals surface area contributed by atoms with Gasteiger partial charge in [0.2, 0.25) is 5.95 Å². The van der Waals surface area contributed by atoms with E-state index >= 15 is 0 Å². The largest absolute Gasteiger partial charge is 0.313 e. The lowest BCUT2D eigenvalue weighted by atomic mass is 10.1. The Morgan fingerprint density at radius 3 is 2.71 bits per heavy atom. The second-order valence-corrected chi connectivity index (χ2v) is 7.30. The summed E-state index contributed by atoms with van der Waals surface area (Å²) < 4.78 is 3.77. The van der Waals surface area contributed by atoms with E-state index in [0.717, 1.165) is 28.0 Å². The average Bonchev–Trinajstić information content (AvgIpc) is 3.13. The number of halogens is 1. The zero-order valence-electron chi connectivity index (χ0n) is 15.9. The lowest BCUT2D eigenvalue weighted by Gasteiger charge is -2.08. The lowest BCUT2D eigenvalue weighted by Crippen LogP contribution is -2.15. The minimum atomic E-state index is -0.209. The summed E-state index contributed by atoms with van der Waals surface area (Å²) >= 11 is 6.03. The molecular formula is C21H20ClN5O. The molecule has 2 aromatic heterocycles. The average molecular weight is 394 g/mol. The first-order chi connectivity index (χ1) is 13.4. The van der Waals surface area contributed by atoms with E-state index in [-0.39, 0.29) is 5.91 Å². The molecule has 0 bridgehead atoms. The third kappa shape index (κ3) is 3.51. The Kier molecular flexibility index (Phi) is 4.65. The number of rotatable bonds is 4. The molecule has 7 heteroatoms. The van der Waals surface area contributed by atoms with Crippen LogP contribution in [0.3, 0.4) is 0 Å². The highest BCUT2D eigenvalue weighted by Crippen LogP contribution is 2.22. The molecule has 0 aliphatic rings. The van der Waals surface area contributed by atoms with Gasteiger partial charge in [0.05, 0.1) is 23.3 Å². The first kappa shape index (κ1) is 18.3. The zero-order chi connectivity index (χ0) is 19.8. The van der Waals surface area contributed by atoms with Crippen molar-refractivity contribution in [1.82, 2.24) is 19.3 Å². The molecule has 4 aromatic rings. The summed E-state index contributed by atoms with van der Waals surface area (Å²) in [4.78, 5) is 17.2. The Morgan fingerprint density at radius 2 is 1.96 bits per heavy atom. The molecule has 0 aliphatic carbocycles. The fourth-order valence-electron chi connectivity index (χ4n) is 3.28.